The number of fused-ring (bicyclic) bond motifs is 2. The number of carbonyl (C=O) groups excluding carboxylic acids is 2. The molecule has 2 aliphatic rings. The first-order valence-corrected chi connectivity index (χ1v) is 9.79. The molecule has 0 aromatic heterocycles. The van der Waals surface area contributed by atoms with Gasteiger partial charge in [-0.15, -0.1) is 12.4 Å². The Morgan fingerprint density at radius 1 is 0.929 bits per heavy atom. The molecule has 0 radical (unpaired) electrons. The SMILES string of the molecule is Cc1ccc(C(=O)c2ccccc2C(=O)NC2CC3CCC(C2)N3)cc1C.Cl. The smallest absolute Gasteiger partial charge is 0.252 e. The molecule has 0 aliphatic carbocycles. The van der Waals surface area contributed by atoms with Crippen LogP contribution in [0.15, 0.2) is 42.5 Å². The van der Waals surface area contributed by atoms with Gasteiger partial charge in [0, 0.05) is 29.3 Å². The maximum Gasteiger partial charge on any atom is 0.252 e. The number of halogens is 1. The zero-order chi connectivity index (χ0) is 19.0. The average Bonchev–Trinajstić information content (AvgIpc) is 3.01. The van der Waals surface area contributed by atoms with Crippen molar-refractivity contribution in [2.75, 3.05) is 0 Å². The molecule has 0 spiro atoms. The van der Waals surface area contributed by atoms with E-state index in [1.165, 1.54) is 12.8 Å². The van der Waals surface area contributed by atoms with E-state index in [2.05, 4.69) is 10.6 Å². The minimum absolute atomic E-state index is 0. The quantitative estimate of drug-likeness (QED) is 0.766. The molecule has 1 amide bonds. The van der Waals surface area contributed by atoms with E-state index in [0.29, 0.717) is 28.8 Å². The number of nitrogens with one attached hydrogen (secondary N) is 2. The highest BCUT2D eigenvalue weighted by molar-refractivity contribution is 6.15. The molecule has 0 saturated carbocycles. The molecule has 2 aliphatic heterocycles. The third kappa shape index (κ3) is 4.13. The van der Waals surface area contributed by atoms with Crippen LogP contribution >= 0.6 is 12.4 Å². The van der Waals surface area contributed by atoms with E-state index in [-0.39, 0.29) is 30.1 Å². The van der Waals surface area contributed by atoms with Crippen molar-refractivity contribution < 1.29 is 9.59 Å². The standard InChI is InChI=1S/C23H26N2O2.ClH/c1-14-7-8-16(11-15(14)2)22(26)20-5-3-4-6-21(20)23(27)25-19-12-17-9-10-18(13-19)24-17;/h3-8,11,17-19,24H,9-10,12-13H2,1-2H3,(H,25,27);1H. The van der Waals surface area contributed by atoms with Gasteiger partial charge in [0.2, 0.25) is 0 Å². The maximum atomic E-state index is 13.1. The Morgan fingerprint density at radius 3 is 2.21 bits per heavy atom. The zero-order valence-electron chi connectivity index (χ0n) is 16.3. The lowest BCUT2D eigenvalue weighted by atomic mass is 9.95. The summed E-state index contributed by atoms with van der Waals surface area (Å²) < 4.78 is 0. The van der Waals surface area contributed by atoms with Crippen molar-refractivity contribution in [1.82, 2.24) is 10.6 Å². The van der Waals surface area contributed by atoms with Gasteiger partial charge >= 0.3 is 0 Å². The summed E-state index contributed by atoms with van der Waals surface area (Å²) in [5, 5.41) is 6.76. The minimum Gasteiger partial charge on any atom is -0.349 e. The van der Waals surface area contributed by atoms with Crippen molar-refractivity contribution in [2.45, 2.75) is 57.7 Å². The molecular formula is C23H27ClN2O2. The van der Waals surface area contributed by atoms with Crippen LogP contribution in [-0.4, -0.2) is 29.8 Å². The van der Waals surface area contributed by atoms with Crippen molar-refractivity contribution in [3.63, 3.8) is 0 Å². The van der Waals surface area contributed by atoms with Crippen molar-refractivity contribution >= 4 is 24.1 Å². The molecule has 2 fully saturated rings. The lowest BCUT2D eigenvalue weighted by molar-refractivity contribution is 0.0914. The lowest BCUT2D eigenvalue weighted by Gasteiger charge is -2.29. The van der Waals surface area contributed by atoms with Crippen LogP contribution < -0.4 is 10.6 Å². The minimum atomic E-state index is -0.144. The number of benzene rings is 2. The summed E-state index contributed by atoms with van der Waals surface area (Å²) in [5.74, 6) is -0.247. The fourth-order valence-corrected chi connectivity index (χ4v) is 4.36. The Labute approximate surface area is 172 Å². The monoisotopic (exact) mass is 398 g/mol. The second kappa shape index (κ2) is 8.46. The van der Waals surface area contributed by atoms with Crippen LogP contribution in [-0.2, 0) is 0 Å². The number of aryl methyl sites for hydroxylation is 2. The molecule has 148 valence electrons. The summed E-state index contributed by atoms with van der Waals surface area (Å²) in [5.41, 5.74) is 3.78. The zero-order valence-corrected chi connectivity index (χ0v) is 17.1. The van der Waals surface area contributed by atoms with Crippen LogP contribution in [0.3, 0.4) is 0 Å². The van der Waals surface area contributed by atoms with E-state index in [1.807, 2.05) is 44.2 Å². The molecule has 2 N–H and O–H groups in total. The van der Waals surface area contributed by atoms with Gasteiger partial charge in [0.1, 0.15) is 0 Å². The topological polar surface area (TPSA) is 58.2 Å². The Morgan fingerprint density at radius 2 is 1.57 bits per heavy atom. The van der Waals surface area contributed by atoms with Crippen LogP contribution in [0, 0.1) is 13.8 Å². The molecule has 2 aromatic carbocycles. The van der Waals surface area contributed by atoms with Gasteiger partial charge in [-0.05, 0) is 62.8 Å². The van der Waals surface area contributed by atoms with Gasteiger partial charge in [-0.2, -0.15) is 0 Å². The predicted molar refractivity (Wildman–Crippen MR) is 113 cm³/mol. The van der Waals surface area contributed by atoms with E-state index in [9.17, 15) is 9.59 Å². The van der Waals surface area contributed by atoms with Gasteiger partial charge in [-0.3, -0.25) is 9.59 Å². The van der Waals surface area contributed by atoms with E-state index >= 15 is 0 Å². The molecule has 2 atom stereocenters. The fourth-order valence-electron chi connectivity index (χ4n) is 4.36. The third-order valence-corrected chi connectivity index (χ3v) is 5.99. The van der Waals surface area contributed by atoms with E-state index in [4.69, 9.17) is 0 Å². The second-order valence-electron chi connectivity index (χ2n) is 7.95. The first-order chi connectivity index (χ1) is 13.0. The van der Waals surface area contributed by atoms with E-state index < -0.39 is 0 Å². The molecule has 2 saturated heterocycles. The number of ketones is 1. The Hall–Kier alpha value is -2.17. The Balaban J connectivity index is 0.00000225. The molecule has 2 aromatic rings. The summed E-state index contributed by atoms with van der Waals surface area (Å²) in [4.78, 5) is 26.0. The van der Waals surface area contributed by atoms with Crippen LogP contribution in [0.25, 0.3) is 0 Å². The first kappa shape index (κ1) is 20.6. The average molecular weight is 399 g/mol. The molecule has 4 rings (SSSR count). The molecule has 4 nitrogen and oxygen atoms in total. The summed E-state index contributed by atoms with van der Waals surface area (Å²) >= 11 is 0. The fraction of sp³-hybridized carbons (Fsp3) is 0.391. The number of amides is 1. The second-order valence-corrected chi connectivity index (χ2v) is 7.95. The van der Waals surface area contributed by atoms with Crippen molar-refractivity contribution in [2.24, 2.45) is 0 Å². The maximum absolute atomic E-state index is 13.1. The predicted octanol–water partition coefficient (Wildman–Crippen LogP) is 3.97. The number of hydrogen-bond donors (Lipinski definition) is 2. The number of piperidine rings is 1. The van der Waals surface area contributed by atoms with Crippen LogP contribution in [0.5, 0.6) is 0 Å². The van der Waals surface area contributed by atoms with Crippen molar-refractivity contribution in [3.05, 3.63) is 70.3 Å². The van der Waals surface area contributed by atoms with Crippen LogP contribution in [0.1, 0.15) is 63.1 Å². The Bertz CT molecular complexity index is 884. The summed E-state index contributed by atoms with van der Waals surface area (Å²) in [6.45, 7) is 4.02. The molecular weight excluding hydrogens is 372 g/mol. The van der Waals surface area contributed by atoms with Gasteiger partial charge in [-0.1, -0.05) is 30.3 Å². The van der Waals surface area contributed by atoms with Gasteiger partial charge in [0.05, 0.1) is 5.56 Å². The third-order valence-electron chi connectivity index (χ3n) is 5.99. The number of rotatable bonds is 4. The molecule has 2 heterocycles. The molecule has 2 bridgehead atoms. The summed E-state index contributed by atoms with van der Waals surface area (Å²) in [6.07, 6.45) is 4.32. The molecule has 28 heavy (non-hydrogen) atoms. The van der Waals surface area contributed by atoms with Crippen molar-refractivity contribution in [3.8, 4) is 0 Å². The Kier molecular flexibility index (Phi) is 6.21. The normalized spacial score (nSPS) is 23.0. The number of hydrogen-bond acceptors (Lipinski definition) is 3. The molecule has 5 heteroatoms. The highest BCUT2D eigenvalue weighted by Crippen LogP contribution is 2.27. The van der Waals surface area contributed by atoms with Crippen LogP contribution in [0.4, 0.5) is 0 Å². The van der Waals surface area contributed by atoms with E-state index in [1.54, 1.807) is 12.1 Å². The number of carbonyl (C=O) groups is 2. The van der Waals surface area contributed by atoms with Crippen LogP contribution in [0.2, 0.25) is 0 Å². The van der Waals surface area contributed by atoms with Gasteiger partial charge in [0.15, 0.2) is 5.78 Å². The molecule has 2 unspecified atom stereocenters. The summed E-state index contributed by atoms with van der Waals surface area (Å²) in [6, 6.07) is 14.0. The lowest BCUT2D eigenvalue weighted by Crippen LogP contribution is -2.48. The van der Waals surface area contributed by atoms with Gasteiger partial charge in [-0.25, -0.2) is 0 Å². The van der Waals surface area contributed by atoms with Crippen molar-refractivity contribution in [1.29, 1.82) is 0 Å². The van der Waals surface area contributed by atoms with Gasteiger partial charge < -0.3 is 10.6 Å². The van der Waals surface area contributed by atoms with Gasteiger partial charge in [0.25, 0.3) is 5.91 Å². The summed E-state index contributed by atoms with van der Waals surface area (Å²) in [7, 11) is 0. The van der Waals surface area contributed by atoms with E-state index in [0.717, 1.165) is 24.0 Å². The highest BCUT2D eigenvalue weighted by atomic mass is 35.5. The largest absolute Gasteiger partial charge is 0.349 e. The first-order valence-electron chi connectivity index (χ1n) is 9.79. The highest BCUT2D eigenvalue weighted by Gasteiger charge is 2.34.